The molecular formula is C23H26N4O3. The Morgan fingerprint density at radius 2 is 2.00 bits per heavy atom. The van der Waals surface area contributed by atoms with Crippen LogP contribution in [0, 0.1) is 5.92 Å². The molecule has 2 aromatic rings. The van der Waals surface area contributed by atoms with Crippen LogP contribution in [-0.2, 0) is 17.8 Å². The molecule has 3 N–H and O–H groups in total. The number of fused-ring (bicyclic) bond motifs is 3. The van der Waals surface area contributed by atoms with Crippen LogP contribution in [0.15, 0.2) is 41.5 Å². The van der Waals surface area contributed by atoms with E-state index in [1.54, 1.807) is 6.07 Å². The fourth-order valence-corrected chi connectivity index (χ4v) is 4.70. The molecule has 0 unspecified atom stereocenters. The van der Waals surface area contributed by atoms with Gasteiger partial charge in [0.1, 0.15) is 12.4 Å². The lowest BCUT2D eigenvalue weighted by molar-refractivity contribution is -0.112. The Morgan fingerprint density at radius 3 is 2.80 bits per heavy atom. The second kappa shape index (κ2) is 7.74. The fourth-order valence-electron chi connectivity index (χ4n) is 4.70. The first-order valence-electron chi connectivity index (χ1n) is 10.5. The molecule has 0 spiro atoms. The van der Waals surface area contributed by atoms with Crippen molar-refractivity contribution < 1.29 is 15.0 Å². The van der Waals surface area contributed by atoms with Crippen LogP contribution in [0.2, 0.25) is 0 Å². The van der Waals surface area contributed by atoms with Gasteiger partial charge in [0.25, 0.3) is 0 Å². The summed E-state index contributed by atoms with van der Waals surface area (Å²) in [6.45, 7) is 3.29. The van der Waals surface area contributed by atoms with Gasteiger partial charge in [0.15, 0.2) is 5.84 Å². The summed E-state index contributed by atoms with van der Waals surface area (Å²) in [4.78, 5) is 16.8. The zero-order valence-electron chi connectivity index (χ0n) is 16.8. The summed E-state index contributed by atoms with van der Waals surface area (Å²) < 4.78 is 0. The van der Waals surface area contributed by atoms with Gasteiger partial charge in [-0.25, -0.2) is 0 Å². The number of phenolic OH excluding ortho intramolecular Hbond substituents is 1. The van der Waals surface area contributed by atoms with Gasteiger partial charge in [-0.2, -0.15) is 5.10 Å². The van der Waals surface area contributed by atoms with Crippen molar-refractivity contribution in [2.24, 2.45) is 11.0 Å². The number of benzene rings is 2. The largest absolute Gasteiger partial charge is 0.508 e. The molecule has 30 heavy (non-hydrogen) atoms. The third-order valence-corrected chi connectivity index (χ3v) is 6.45. The lowest BCUT2D eigenvalue weighted by Crippen LogP contribution is -2.39. The number of ketones is 1. The molecule has 0 aliphatic carbocycles. The number of likely N-dealkylation sites (tertiary alicyclic amines) is 1. The Balaban J connectivity index is 1.45. The number of hydrogen-bond acceptors (Lipinski definition) is 7. The summed E-state index contributed by atoms with van der Waals surface area (Å²) in [6, 6.07) is 11.8. The normalized spacial score (nSPS) is 19.3. The van der Waals surface area contributed by atoms with E-state index in [0.717, 1.165) is 53.9 Å². The highest BCUT2D eigenvalue weighted by Crippen LogP contribution is 2.37. The SMILES string of the molecule is O=C1Cc2c(-c3ccc(O)c(CN4CCC(CO)CC4)c3)cccc2N2CNN=C12. The van der Waals surface area contributed by atoms with Gasteiger partial charge in [-0.15, -0.1) is 0 Å². The van der Waals surface area contributed by atoms with E-state index in [2.05, 4.69) is 15.4 Å². The average Bonchev–Trinajstić information content (AvgIpc) is 3.27. The monoisotopic (exact) mass is 406 g/mol. The van der Waals surface area contributed by atoms with Crippen LogP contribution in [0.3, 0.4) is 0 Å². The highest BCUT2D eigenvalue weighted by molar-refractivity contribution is 6.46. The molecule has 3 aliphatic rings. The Bertz CT molecular complexity index is 1010. The molecule has 1 saturated heterocycles. The van der Waals surface area contributed by atoms with Crippen molar-refractivity contribution in [1.82, 2.24) is 10.3 Å². The molecule has 0 aromatic heterocycles. The maximum Gasteiger partial charge on any atom is 0.204 e. The van der Waals surface area contributed by atoms with Crippen LogP contribution in [-0.4, -0.2) is 53.1 Å². The number of aliphatic hydroxyl groups is 1. The Hall–Kier alpha value is -2.90. The van der Waals surface area contributed by atoms with Crippen molar-refractivity contribution in [1.29, 1.82) is 0 Å². The number of aliphatic hydroxyl groups excluding tert-OH is 1. The van der Waals surface area contributed by atoms with E-state index in [1.807, 2.05) is 35.2 Å². The number of nitrogens with one attached hydrogen (secondary N) is 1. The first-order valence-corrected chi connectivity index (χ1v) is 10.5. The predicted molar refractivity (Wildman–Crippen MR) is 115 cm³/mol. The highest BCUT2D eigenvalue weighted by Gasteiger charge is 2.33. The molecule has 0 bridgehead atoms. The van der Waals surface area contributed by atoms with Gasteiger partial charge in [0.2, 0.25) is 5.78 Å². The predicted octanol–water partition coefficient (Wildman–Crippen LogP) is 2.07. The molecule has 0 saturated carbocycles. The summed E-state index contributed by atoms with van der Waals surface area (Å²) in [5.41, 5.74) is 7.83. The summed E-state index contributed by atoms with van der Waals surface area (Å²) in [7, 11) is 0. The first-order chi connectivity index (χ1) is 14.6. The fraction of sp³-hybridized carbons (Fsp3) is 0.391. The molecule has 0 radical (unpaired) electrons. The van der Waals surface area contributed by atoms with Crippen molar-refractivity contribution in [2.75, 3.05) is 31.3 Å². The van der Waals surface area contributed by atoms with Crippen LogP contribution in [0.4, 0.5) is 5.69 Å². The molecule has 3 heterocycles. The minimum Gasteiger partial charge on any atom is -0.508 e. The van der Waals surface area contributed by atoms with Crippen molar-refractivity contribution in [3.05, 3.63) is 47.5 Å². The van der Waals surface area contributed by atoms with Crippen molar-refractivity contribution in [2.45, 2.75) is 25.8 Å². The van der Waals surface area contributed by atoms with E-state index in [0.29, 0.717) is 37.1 Å². The number of hydrogen-bond donors (Lipinski definition) is 3. The summed E-state index contributed by atoms with van der Waals surface area (Å²) >= 11 is 0. The lowest BCUT2D eigenvalue weighted by Gasteiger charge is -2.31. The molecule has 3 aliphatic heterocycles. The Kier molecular flexibility index (Phi) is 4.92. The number of hydrazone groups is 1. The summed E-state index contributed by atoms with van der Waals surface area (Å²) in [5, 5.41) is 23.9. The van der Waals surface area contributed by atoms with Gasteiger partial charge in [-0.1, -0.05) is 18.2 Å². The van der Waals surface area contributed by atoms with Gasteiger partial charge in [0.05, 0.1) is 0 Å². The minimum atomic E-state index is 0.0192. The number of Topliss-reactive ketones (excluding diaryl/α,β-unsaturated/α-hetero) is 1. The number of amidine groups is 1. The third-order valence-electron chi connectivity index (χ3n) is 6.45. The van der Waals surface area contributed by atoms with E-state index in [1.165, 1.54) is 0 Å². The number of carbonyl (C=O) groups excluding carboxylic acids is 1. The summed E-state index contributed by atoms with van der Waals surface area (Å²) in [5.74, 6) is 1.19. The van der Waals surface area contributed by atoms with Crippen molar-refractivity contribution in [3.8, 4) is 16.9 Å². The zero-order valence-corrected chi connectivity index (χ0v) is 16.8. The second-order valence-electron chi connectivity index (χ2n) is 8.33. The lowest BCUT2D eigenvalue weighted by atomic mass is 9.90. The van der Waals surface area contributed by atoms with Crippen molar-refractivity contribution in [3.63, 3.8) is 0 Å². The topological polar surface area (TPSA) is 88.4 Å². The van der Waals surface area contributed by atoms with Crippen molar-refractivity contribution >= 4 is 17.3 Å². The van der Waals surface area contributed by atoms with Crippen LogP contribution in [0.25, 0.3) is 11.1 Å². The molecule has 0 amide bonds. The van der Waals surface area contributed by atoms with Crippen LogP contribution in [0.5, 0.6) is 5.75 Å². The van der Waals surface area contributed by atoms with Crippen LogP contribution < -0.4 is 10.3 Å². The van der Waals surface area contributed by atoms with Crippen LogP contribution >= 0.6 is 0 Å². The van der Waals surface area contributed by atoms with Crippen LogP contribution in [0.1, 0.15) is 24.0 Å². The Morgan fingerprint density at radius 1 is 1.17 bits per heavy atom. The van der Waals surface area contributed by atoms with Gasteiger partial charge in [0, 0.05) is 30.8 Å². The maximum atomic E-state index is 12.6. The molecule has 0 atom stereocenters. The number of nitrogens with zero attached hydrogens (tertiary/aromatic N) is 3. The standard InChI is InChI=1S/C23H26N4O3/c28-13-15-6-8-26(9-7-15)12-17-10-16(4-5-21(17)29)18-2-1-3-20-19(18)11-22(30)23-25-24-14-27(20)23/h1-5,10,15,24,28-29H,6-9,11-14H2. The highest BCUT2D eigenvalue weighted by atomic mass is 16.3. The summed E-state index contributed by atoms with van der Waals surface area (Å²) in [6.07, 6.45) is 2.30. The zero-order chi connectivity index (χ0) is 20.7. The van der Waals surface area contributed by atoms with Gasteiger partial charge in [-0.05, 0) is 66.7 Å². The van der Waals surface area contributed by atoms with E-state index < -0.39 is 0 Å². The number of carbonyl (C=O) groups is 1. The number of rotatable bonds is 4. The van der Waals surface area contributed by atoms with Gasteiger partial charge < -0.3 is 15.1 Å². The molecule has 5 rings (SSSR count). The van der Waals surface area contributed by atoms with E-state index in [4.69, 9.17) is 0 Å². The smallest absolute Gasteiger partial charge is 0.204 e. The van der Waals surface area contributed by atoms with Gasteiger partial charge in [-0.3, -0.25) is 15.1 Å². The van der Waals surface area contributed by atoms with E-state index >= 15 is 0 Å². The third kappa shape index (κ3) is 3.34. The van der Waals surface area contributed by atoms with Gasteiger partial charge >= 0.3 is 0 Å². The first kappa shape index (κ1) is 19.1. The molecule has 7 nitrogen and oxygen atoms in total. The average molecular weight is 406 g/mol. The minimum absolute atomic E-state index is 0.0192. The quantitative estimate of drug-likeness (QED) is 0.721. The molecule has 1 fully saturated rings. The maximum absolute atomic E-state index is 12.6. The molecule has 7 heteroatoms. The number of aromatic hydroxyl groups is 1. The number of phenols is 1. The molecule has 2 aromatic carbocycles. The number of anilines is 1. The number of piperidine rings is 1. The molecular weight excluding hydrogens is 380 g/mol. The molecule has 156 valence electrons. The van der Waals surface area contributed by atoms with E-state index in [-0.39, 0.29) is 12.4 Å². The second-order valence-corrected chi connectivity index (χ2v) is 8.33. The Labute approximate surface area is 175 Å². The van der Waals surface area contributed by atoms with E-state index in [9.17, 15) is 15.0 Å².